The largest absolute Gasteiger partial charge is 0.497 e. The number of aromatic nitrogens is 2. The van der Waals surface area contributed by atoms with Crippen molar-refractivity contribution in [2.75, 3.05) is 30.4 Å². The second kappa shape index (κ2) is 9.25. The number of methoxy groups -OCH3 is 1. The van der Waals surface area contributed by atoms with Crippen molar-refractivity contribution in [3.05, 3.63) is 77.7 Å². The van der Waals surface area contributed by atoms with Crippen LogP contribution in [0.1, 0.15) is 21.5 Å². The van der Waals surface area contributed by atoms with E-state index in [2.05, 4.69) is 20.6 Å². The molecule has 158 valence electrons. The van der Waals surface area contributed by atoms with E-state index >= 15 is 0 Å². The Morgan fingerprint density at radius 3 is 2.68 bits per heavy atom. The van der Waals surface area contributed by atoms with Gasteiger partial charge in [-0.1, -0.05) is 12.1 Å². The van der Waals surface area contributed by atoms with Crippen LogP contribution in [0.3, 0.4) is 0 Å². The Bertz CT molecular complexity index is 1070. The van der Waals surface area contributed by atoms with Crippen LogP contribution in [0.2, 0.25) is 0 Å². The average molecular weight is 417 g/mol. The fraction of sp³-hybridized carbons (Fsp3) is 0.217. The summed E-state index contributed by atoms with van der Waals surface area (Å²) in [4.78, 5) is 35.2. The molecule has 0 aliphatic carbocycles. The number of ether oxygens (including phenoxy) is 1. The van der Waals surface area contributed by atoms with Gasteiger partial charge in [0.15, 0.2) is 5.82 Å². The van der Waals surface area contributed by atoms with Gasteiger partial charge in [0.2, 0.25) is 5.91 Å². The zero-order valence-corrected chi connectivity index (χ0v) is 17.2. The lowest BCUT2D eigenvalue weighted by Crippen LogP contribution is -2.40. The van der Waals surface area contributed by atoms with Crippen molar-refractivity contribution in [3.8, 4) is 5.75 Å². The van der Waals surface area contributed by atoms with E-state index in [1.807, 2.05) is 36.4 Å². The van der Waals surface area contributed by atoms with Gasteiger partial charge in [-0.3, -0.25) is 14.6 Å². The van der Waals surface area contributed by atoms with Gasteiger partial charge in [-0.05, 0) is 47.9 Å². The molecule has 0 saturated carbocycles. The van der Waals surface area contributed by atoms with Crippen LogP contribution in [-0.4, -0.2) is 42.0 Å². The van der Waals surface area contributed by atoms with Gasteiger partial charge in [0.25, 0.3) is 5.91 Å². The van der Waals surface area contributed by atoms with Gasteiger partial charge in [-0.25, -0.2) is 4.98 Å². The molecule has 1 aliphatic rings. The summed E-state index contributed by atoms with van der Waals surface area (Å²) in [7, 11) is 1.61. The molecule has 3 heterocycles. The van der Waals surface area contributed by atoms with Gasteiger partial charge in [-0.2, -0.15) is 0 Å². The fourth-order valence-corrected chi connectivity index (χ4v) is 3.37. The number of benzene rings is 1. The van der Waals surface area contributed by atoms with Crippen molar-refractivity contribution in [3.63, 3.8) is 0 Å². The van der Waals surface area contributed by atoms with Crippen LogP contribution in [0.15, 0.2) is 61.1 Å². The van der Waals surface area contributed by atoms with Crippen molar-refractivity contribution in [2.45, 2.75) is 13.0 Å². The Kier molecular flexibility index (Phi) is 6.07. The first-order valence-electron chi connectivity index (χ1n) is 9.98. The Morgan fingerprint density at radius 1 is 1.16 bits per heavy atom. The van der Waals surface area contributed by atoms with Crippen LogP contribution in [-0.2, 0) is 17.8 Å². The summed E-state index contributed by atoms with van der Waals surface area (Å²) in [6, 6.07) is 13.1. The number of nitrogens with one attached hydrogen (secondary N) is 2. The molecule has 31 heavy (non-hydrogen) atoms. The summed E-state index contributed by atoms with van der Waals surface area (Å²) in [6.07, 6.45) is 5.68. The van der Waals surface area contributed by atoms with E-state index < -0.39 is 0 Å². The number of nitrogens with zero attached hydrogens (tertiary/aromatic N) is 3. The lowest BCUT2D eigenvalue weighted by atomic mass is 10.1. The molecular formula is C23H23N5O3. The number of carbonyl (C=O) groups is 2. The van der Waals surface area contributed by atoms with Crippen molar-refractivity contribution < 1.29 is 14.3 Å². The molecule has 3 aromatic rings. The summed E-state index contributed by atoms with van der Waals surface area (Å²) < 4.78 is 5.19. The molecule has 2 amide bonds. The van der Waals surface area contributed by atoms with E-state index in [9.17, 15) is 9.59 Å². The minimum absolute atomic E-state index is 0.0830. The van der Waals surface area contributed by atoms with Gasteiger partial charge in [0.05, 0.1) is 31.5 Å². The minimum Gasteiger partial charge on any atom is -0.497 e. The first kappa shape index (κ1) is 20.3. The van der Waals surface area contributed by atoms with E-state index in [1.165, 1.54) is 6.20 Å². The summed E-state index contributed by atoms with van der Waals surface area (Å²) in [5.74, 6) is 1.02. The molecule has 2 N–H and O–H groups in total. The summed E-state index contributed by atoms with van der Waals surface area (Å²) in [5.41, 5.74) is 3.05. The molecule has 0 bridgehead atoms. The number of amides is 2. The molecule has 0 unspecified atom stereocenters. The van der Waals surface area contributed by atoms with Crippen molar-refractivity contribution in [1.29, 1.82) is 0 Å². The molecule has 0 atom stereocenters. The predicted molar refractivity (Wildman–Crippen MR) is 117 cm³/mol. The highest BCUT2D eigenvalue weighted by Crippen LogP contribution is 2.30. The standard InChI is InChI=1S/C23H23N5O3/c1-31-19-4-2-17(3-5-19)15-28-20-12-18(13-26-22(20)27-14-21(28)29)23(30)25-11-8-16-6-9-24-10-7-16/h2-7,9-10,12-13H,8,11,14-15H2,1H3,(H,25,30)(H,26,27). The second-order valence-corrected chi connectivity index (χ2v) is 7.13. The molecular weight excluding hydrogens is 394 g/mol. The highest BCUT2D eigenvalue weighted by Gasteiger charge is 2.26. The van der Waals surface area contributed by atoms with E-state index in [0.717, 1.165) is 16.9 Å². The molecule has 2 aromatic heterocycles. The van der Waals surface area contributed by atoms with E-state index in [-0.39, 0.29) is 18.4 Å². The van der Waals surface area contributed by atoms with E-state index in [1.54, 1.807) is 30.5 Å². The van der Waals surface area contributed by atoms with Crippen LogP contribution in [0.5, 0.6) is 5.75 Å². The van der Waals surface area contributed by atoms with Gasteiger partial charge in [0, 0.05) is 25.1 Å². The summed E-state index contributed by atoms with van der Waals surface area (Å²) >= 11 is 0. The van der Waals surface area contributed by atoms with E-state index in [0.29, 0.717) is 36.6 Å². The predicted octanol–water partition coefficient (Wildman–Crippen LogP) is 2.42. The third-order valence-corrected chi connectivity index (χ3v) is 5.08. The number of fused-ring (bicyclic) bond motifs is 1. The van der Waals surface area contributed by atoms with Gasteiger partial charge in [0.1, 0.15) is 5.75 Å². The Hall–Kier alpha value is -3.94. The quantitative estimate of drug-likeness (QED) is 0.613. The minimum atomic E-state index is -0.230. The number of hydrogen-bond acceptors (Lipinski definition) is 6. The summed E-state index contributed by atoms with van der Waals surface area (Å²) in [6.45, 7) is 1.03. The molecule has 0 spiro atoms. The van der Waals surface area contributed by atoms with Crippen molar-refractivity contribution >= 4 is 23.3 Å². The maximum atomic E-state index is 12.6. The third-order valence-electron chi connectivity index (χ3n) is 5.08. The lowest BCUT2D eigenvalue weighted by Gasteiger charge is -2.29. The first-order valence-corrected chi connectivity index (χ1v) is 9.98. The molecule has 0 saturated heterocycles. The molecule has 8 nitrogen and oxygen atoms in total. The smallest absolute Gasteiger partial charge is 0.252 e. The molecule has 0 fully saturated rings. The monoisotopic (exact) mass is 417 g/mol. The molecule has 1 aromatic carbocycles. The first-order chi connectivity index (χ1) is 15.1. The third kappa shape index (κ3) is 4.80. The lowest BCUT2D eigenvalue weighted by molar-refractivity contribution is -0.117. The van der Waals surface area contributed by atoms with Crippen LogP contribution in [0.4, 0.5) is 11.5 Å². The topological polar surface area (TPSA) is 96.5 Å². The number of hydrogen-bond donors (Lipinski definition) is 2. The normalized spacial score (nSPS) is 12.7. The Labute approximate surface area is 180 Å². The average Bonchev–Trinajstić information content (AvgIpc) is 2.81. The van der Waals surface area contributed by atoms with Gasteiger partial charge >= 0.3 is 0 Å². The van der Waals surface area contributed by atoms with Crippen LogP contribution in [0, 0.1) is 0 Å². The molecule has 4 rings (SSSR count). The van der Waals surface area contributed by atoms with Crippen molar-refractivity contribution in [1.82, 2.24) is 15.3 Å². The van der Waals surface area contributed by atoms with Crippen LogP contribution < -0.4 is 20.3 Å². The number of pyridine rings is 2. The zero-order valence-electron chi connectivity index (χ0n) is 17.2. The maximum absolute atomic E-state index is 12.6. The number of carbonyl (C=O) groups excluding carboxylic acids is 2. The van der Waals surface area contributed by atoms with Crippen LogP contribution in [0.25, 0.3) is 0 Å². The Morgan fingerprint density at radius 2 is 1.94 bits per heavy atom. The fourth-order valence-electron chi connectivity index (χ4n) is 3.37. The molecule has 1 aliphatic heterocycles. The number of rotatable bonds is 7. The maximum Gasteiger partial charge on any atom is 0.252 e. The summed E-state index contributed by atoms with van der Waals surface area (Å²) in [5, 5.41) is 5.92. The highest BCUT2D eigenvalue weighted by atomic mass is 16.5. The Balaban J connectivity index is 1.48. The van der Waals surface area contributed by atoms with Gasteiger partial charge in [-0.15, -0.1) is 0 Å². The number of anilines is 2. The highest BCUT2D eigenvalue weighted by molar-refractivity contribution is 6.04. The van der Waals surface area contributed by atoms with E-state index in [4.69, 9.17) is 4.74 Å². The molecule has 8 heteroatoms. The van der Waals surface area contributed by atoms with Crippen LogP contribution >= 0.6 is 0 Å². The zero-order chi connectivity index (χ0) is 21.6. The molecule has 0 radical (unpaired) electrons. The van der Waals surface area contributed by atoms with Gasteiger partial charge < -0.3 is 20.3 Å². The van der Waals surface area contributed by atoms with Crippen molar-refractivity contribution in [2.24, 2.45) is 0 Å². The second-order valence-electron chi connectivity index (χ2n) is 7.13. The SMILES string of the molecule is COc1ccc(CN2C(=O)CNc3ncc(C(=O)NCCc4ccncc4)cc32)cc1.